The van der Waals surface area contributed by atoms with Gasteiger partial charge in [0, 0.05) is 19.8 Å². The molecule has 1 aliphatic rings. The molecule has 0 spiro atoms. The van der Waals surface area contributed by atoms with Gasteiger partial charge in [-0.05, 0) is 11.6 Å². The first-order chi connectivity index (χ1) is 11.9. The van der Waals surface area contributed by atoms with Crippen molar-refractivity contribution in [1.82, 2.24) is 0 Å². The molecular formula is C18H20O7. The number of hydrogen-bond donors (Lipinski definition) is 0. The van der Waals surface area contributed by atoms with Crippen molar-refractivity contribution in [3.05, 3.63) is 48.0 Å². The van der Waals surface area contributed by atoms with Crippen LogP contribution in [0.2, 0.25) is 0 Å². The van der Waals surface area contributed by atoms with Crippen molar-refractivity contribution in [2.24, 2.45) is 0 Å². The topological polar surface area (TPSA) is 88.1 Å². The van der Waals surface area contributed by atoms with E-state index < -0.39 is 29.8 Å². The number of rotatable bonds is 5. The van der Waals surface area contributed by atoms with Crippen LogP contribution in [-0.4, -0.2) is 36.9 Å². The van der Waals surface area contributed by atoms with Gasteiger partial charge in [-0.2, -0.15) is 0 Å². The molecule has 134 valence electrons. The standard InChI is InChI=1S/C18H20O7/c1-13(19)24-15-9-6-10-18(11-15,16(20)22-2)25-17(21)23-12-14-7-4-3-5-8-14/h3-9,15H,10-12H2,1-2H3/t15-,18+/m0/s1. The zero-order valence-corrected chi connectivity index (χ0v) is 14.1. The lowest BCUT2D eigenvalue weighted by molar-refractivity contribution is -0.171. The minimum atomic E-state index is -1.59. The predicted molar refractivity (Wildman–Crippen MR) is 86.4 cm³/mol. The van der Waals surface area contributed by atoms with Crippen molar-refractivity contribution in [2.75, 3.05) is 7.11 Å². The molecule has 0 heterocycles. The highest BCUT2D eigenvalue weighted by Crippen LogP contribution is 2.31. The van der Waals surface area contributed by atoms with Crippen molar-refractivity contribution in [1.29, 1.82) is 0 Å². The highest BCUT2D eigenvalue weighted by Gasteiger charge is 2.47. The second-order valence-electron chi connectivity index (χ2n) is 5.60. The lowest BCUT2D eigenvalue weighted by Crippen LogP contribution is -2.48. The van der Waals surface area contributed by atoms with Gasteiger partial charge in [0.2, 0.25) is 5.60 Å². The average molecular weight is 348 g/mol. The molecule has 2 atom stereocenters. The number of benzene rings is 1. The Kier molecular flexibility index (Phi) is 6.16. The quantitative estimate of drug-likeness (QED) is 0.459. The van der Waals surface area contributed by atoms with E-state index in [9.17, 15) is 14.4 Å². The summed E-state index contributed by atoms with van der Waals surface area (Å²) in [6.45, 7) is 1.28. The maximum atomic E-state index is 12.2. The van der Waals surface area contributed by atoms with E-state index in [4.69, 9.17) is 18.9 Å². The molecule has 2 rings (SSSR count). The summed E-state index contributed by atoms with van der Waals surface area (Å²) in [6.07, 6.45) is 1.65. The Bertz CT molecular complexity index is 653. The summed E-state index contributed by atoms with van der Waals surface area (Å²) < 4.78 is 20.2. The molecule has 0 saturated heterocycles. The molecule has 1 aromatic rings. The monoisotopic (exact) mass is 348 g/mol. The van der Waals surface area contributed by atoms with Crippen molar-refractivity contribution in [3.8, 4) is 0 Å². The molecule has 25 heavy (non-hydrogen) atoms. The largest absolute Gasteiger partial charge is 0.509 e. The Labute approximate surface area is 145 Å². The molecule has 1 aromatic carbocycles. The summed E-state index contributed by atoms with van der Waals surface area (Å²) in [5, 5.41) is 0. The second kappa shape index (κ2) is 8.32. The first-order valence-corrected chi connectivity index (χ1v) is 7.77. The number of carbonyl (C=O) groups is 3. The fourth-order valence-electron chi connectivity index (χ4n) is 2.56. The normalized spacial score (nSPS) is 21.9. The van der Waals surface area contributed by atoms with Crippen LogP contribution in [0.3, 0.4) is 0 Å². The fraction of sp³-hybridized carbons (Fsp3) is 0.389. The molecule has 0 saturated carbocycles. The van der Waals surface area contributed by atoms with Crippen molar-refractivity contribution < 1.29 is 33.3 Å². The van der Waals surface area contributed by atoms with Gasteiger partial charge < -0.3 is 18.9 Å². The Morgan fingerprint density at radius 3 is 2.56 bits per heavy atom. The van der Waals surface area contributed by atoms with E-state index >= 15 is 0 Å². The summed E-state index contributed by atoms with van der Waals surface area (Å²) in [4.78, 5) is 35.4. The maximum Gasteiger partial charge on any atom is 0.509 e. The predicted octanol–water partition coefficient (Wildman–Crippen LogP) is 2.53. The zero-order valence-electron chi connectivity index (χ0n) is 14.1. The van der Waals surface area contributed by atoms with Gasteiger partial charge in [-0.15, -0.1) is 0 Å². The molecule has 1 aliphatic carbocycles. The van der Waals surface area contributed by atoms with E-state index in [2.05, 4.69) is 0 Å². The van der Waals surface area contributed by atoms with E-state index in [0.29, 0.717) is 0 Å². The molecule has 0 aliphatic heterocycles. The fourth-order valence-corrected chi connectivity index (χ4v) is 2.56. The van der Waals surface area contributed by atoms with Gasteiger partial charge in [-0.25, -0.2) is 9.59 Å². The Balaban J connectivity index is 2.04. The van der Waals surface area contributed by atoms with Crippen LogP contribution in [-0.2, 0) is 35.1 Å². The maximum absolute atomic E-state index is 12.2. The first kappa shape index (κ1) is 18.5. The van der Waals surface area contributed by atoms with E-state index in [1.165, 1.54) is 14.0 Å². The highest BCUT2D eigenvalue weighted by molar-refractivity contribution is 5.83. The Morgan fingerprint density at radius 2 is 1.92 bits per heavy atom. The van der Waals surface area contributed by atoms with Crippen LogP contribution in [0.4, 0.5) is 4.79 Å². The van der Waals surface area contributed by atoms with Crippen LogP contribution >= 0.6 is 0 Å². The molecule has 7 nitrogen and oxygen atoms in total. The molecule has 7 heteroatoms. The van der Waals surface area contributed by atoms with Crippen molar-refractivity contribution in [3.63, 3.8) is 0 Å². The molecule has 0 aromatic heterocycles. The molecule has 0 amide bonds. The van der Waals surface area contributed by atoms with Gasteiger partial charge in [0.25, 0.3) is 0 Å². The SMILES string of the molecule is COC(=O)[C@@]1(OC(=O)OCc2ccccc2)CC=C[C@H](OC(C)=O)C1. The Hall–Kier alpha value is -2.83. The molecule has 0 N–H and O–H groups in total. The summed E-state index contributed by atoms with van der Waals surface area (Å²) in [7, 11) is 1.20. The van der Waals surface area contributed by atoms with Crippen LogP contribution < -0.4 is 0 Å². The van der Waals surface area contributed by atoms with Crippen molar-refractivity contribution >= 4 is 18.1 Å². The number of carbonyl (C=O) groups excluding carboxylic acids is 3. The minimum Gasteiger partial charge on any atom is -0.466 e. The number of esters is 2. The van der Waals surface area contributed by atoms with Gasteiger partial charge in [-0.3, -0.25) is 4.79 Å². The van der Waals surface area contributed by atoms with Gasteiger partial charge in [-0.1, -0.05) is 36.4 Å². The van der Waals surface area contributed by atoms with E-state index in [0.717, 1.165) is 5.56 Å². The van der Waals surface area contributed by atoms with E-state index in [-0.39, 0.29) is 19.4 Å². The number of ether oxygens (including phenoxy) is 4. The average Bonchev–Trinajstić information content (AvgIpc) is 2.60. The van der Waals surface area contributed by atoms with E-state index in [1.807, 2.05) is 18.2 Å². The van der Waals surface area contributed by atoms with Crippen LogP contribution in [0.15, 0.2) is 42.5 Å². The number of hydrogen-bond acceptors (Lipinski definition) is 7. The van der Waals surface area contributed by atoms with Crippen LogP contribution in [0.5, 0.6) is 0 Å². The van der Waals surface area contributed by atoms with Gasteiger partial charge in [0.05, 0.1) is 7.11 Å². The first-order valence-electron chi connectivity index (χ1n) is 7.77. The lowest BCUT2D eigenvalue weighted by atomic mass is 9.87. The summed E-state index contributed by atoms with van der Waals surface area (Å²) in [6, 6.07) is 9.07. The van der Waals surface area contributed by atoms with Gasteiger partial charge >= 0.3 is 18.1 Å². The van der Waals surface area contributed by atoms with E-state index in [1.54, 1.807) is 24.3 Å². The third kappa shape index (κ3) is 5.07. The molecule has 0 unspecified atom stereocenters. The number of methoxy groups -OCH3 is 1. The van der Waals surface area contributed by atoms with Crippen LogP contribution in [0.1, 0.15) is 25.3 Å². The third-order valence-corrected chi connectivity index (χ3v) is 3.68. The zero-order chi connectivity index (χ0) is 18.3. The Morgan fingerprint density at radius 1 is 1.20 bits per heavy atom. The summed E-state index contributed by atoms with van der Waals surface area (Å²) >= 11 is 0. The smallest absolute Gasteiger partial charge is 0.466 e. The lowest BCUT2D eigenvalue weighted by Gasteiger charge is -2.33. The van der Waals surface area contributed by atoms with Crippen molar-refractivity contribution in [2.45, 2.75) is 38.1 Å². The van der Waals surface area contributed by atoms with Gasteiger partial charge in [0.15, 0.2) is 0 Å². The molecule has 0 fully saturated rings. The minimum absolute atomic E-state index is 0.0140. The third-order valence-electron chi connectivity index (χ3n) is 3.68. The second-order valence-corrected chi connectivity index (χ2v) is 5.60. The highest BCUT2D eigenvalue weighted by atomic mass is 16.7. The summed E-state index contributed by atoms with van der Waals surface area (Å²) in [5.74, 6) is -1.23. The molecular weight excluding hydrogens is 328 g/mol. The molecule has 0 bridgehead atoms. The van der Waals surface area contributed by atoms with Crippen LogP contribution in [0.25, 0.3) is 0 Å². The van der Waals surface area contributed by atoms with Crippen LogP contribution in [0, 0.1) is 0 Å². The summed E-state index contributed by atoms with van der Waals surface area (Å²) in [5.41, 5.74) is -0.801. The van der Waals surface area contributed by atoms with Gasteiger partial charge in [0.1, 0.15) is 12.7 Å². The molecule has 0 radical (unpaired) electrons.